The number of nitrogens with one attached hydrogen (secondary N) is 3. The molecule has 6 heteroatoms. The highest BCUT2D eigenvalue weighted by Gasteiger charge is 2.32. The third kappa shape index (κ3) is 5.23. The van der Waals surface area contributed by atoms with E-state index in [0.717, 1.165) is 49.2 Å². The summed E-state index contributed by atoms with van der Waals surface area (Å²) in [7, 11) is 0. The molecule has 6 nitrogen and oxygen atoms in total. The Hall–Kier alpha value is -4.42. The molecule has 0 bridgehead atoms. The van der Waals surface area contributed by atoms with Crippen LogP contribution in [0.15, 0.2) is 114 Å². The summed E-state index contributed by atoms with van der Waals surface area (Å²) in [5, 5.41) is 10.2. The van der Waals surface area contributed by atoms with Crippen molar-refractivity contribution in [3.05, 3.63) is 125 Å². The molecular formula is C34H34N4O2. The van der Waals surface area contributed by atoms with Gasteiger partial charge in [-0.15, -0.1) is 0 Å². The molecule has 0 fully saturated rings. The highest BCUT2D eigenvalue weighted by molar-refractivity contribution is 6.09. The molecule has 1 amide bonds. The molecule has 3 aromatic carbocycles. The molecule has 1 aliphatic carbocycles. The molecule has 0 aromatic heterocycles. The fourth-order valence-electron chi connectivity index (χ4n) is 5.89. The number of Topliss-reactive ketones (excluding diaryl/α,β-unsaturated/α-hetero) is 1. The van der Waals surface area contributed by atoms with Crippen LogP contribution in [0, 0.1) is 0 Å². The molecule has 0 saturated carbocycles. The van der Waals surface area contributed by atoms with Crippen LogP contribution in [0.1, 0.15) is 46.9 Å². The number of fused-ring (bicyclic) bond motifs is 2. The number of hydrogen-bond acceptors (Lipinski definition) is 5. The predicted molar refractivity (Wildman–Crippen MR) is 160 cm³/mol. The average molecular weight is 531 g/mol. The fourth-order valence-corrected chi connectivity index (χ4v) is 5.89. The number of benzene rings is 3. The summed E-state index contributed by atoms with van der Waals surface area (Å²) < 4.78 is 0. The smallest absolute Gasteiger partial charge is 0.256 e. The van der Waals surface area contributed by atoms with Gasteiger partial charge in [-0.05, 0) is 73.0 Å². The van der Waals surface area contributed by atoms with Gasteiger partial charge in [-0.3, -0.25) is 9.59 Å². The van der Waals surface area contributed by atoms with Gasteiger partial charge in [0.05, 0.1) is 0 Å². The van der Waals surface area contributed by atoms with E-state index < -0.39 is 6.04 Å². The molecule has 2 heterocycles. The van der Waals surface area contributed by atoms with E-state index in [4.69, 9.17) is 0 Å². The van der Waals surface area contributed by atoms with Gasteiger partial charge in [-0.2, -0.15) is 0 Å². The van der Waals surface area contributed by atoms with E-state index in [1.807, 2.05) is 60.7 Å². The average Bonchev–Trinajstić information content (AvgIpc) is 3.40. The van der Waals surface area contributed by atoms with Gasteiger partial charge in [0.25, 0.3) is 5.91 Å². The number of hydrogen-bond donors (Lipinski definition) is 3. The number of carbonyl (C=O) groups is 2. The van der Waals surface area contributed by atoms with Crippen molar-refractivity contribution in [3.8, 4) is 11.1 Å². The number of amides is 1. The molecule has 3 aromatic rings. The first-order valence-corrected chi connectivity index (χ1v) is 14.1. The van der Waals surface area contributed by atoms with Crippen LogP contribution in [-0.4, -0.2) is 41.8 Å². The fraction of sp³-hybridized carbons (Fsp3) is 0.235. The van der Waals surface area contributed by atoms with E-state index in [-0.39, 0.29) is 11.7 Å². The van der Waals surface area contributed by atoms with Gasteiger partial charge in [0, 0.05) is 52.9 Å². The van der Waals surface area contributed by atoms with Gasteiger partial charge < -0.3 is 20.9 Å². The van der Waals surface area contributed by atoms with Crippen LogP contribution in [0.5, 0.6) is 0 Å². The van der Waals surface area contributed by atoms with Crippen molar-refractivity contribution in [2.45, 2.75) is 38.3 Å². The molecule has 2 atom stereocenters. The second kappa shape index (κ2) is 11.4. The number of anilines is 1. The monoisotopic (exact) mass is 530 g/mol. The SMILES string of the molecule is CCNC1CCC2=C(C1)N1CC=CC1=CC(C(=O)c1ccc(NC(=O)c3ccccc3-c3ccccc3)cc1)N2. The molecule has 2 unspecified atom stereocenters. The summed E-state index contributed by atoms with van der Waals surface area (Å²) in [6.07, 6.45) is 9.25. The summed E-state index contributed by atoms with van der Waals surface area (Å²) in [6, 6.07) is 24.7. The minimum atomic E-state index is -0.443. The minimum Gasteiger partial charge on any atom is -0.374 e. The van der Waals surface area contributed by atoms with Crippen LogP contribution in [0.25, 0.3) is 11.1 Å². The molecular weight excluding hydrogens is 496 g/mol. The van der Waals surface area contributed by atoms with Crippen LogP contribution in [0.3, 0.4) is 0 Å². The maximum absolute atomic E-state index is 13.7. The van der Waals surface area contributed by atoms with E-state index in [1.165, 1.54) is 11.4 Å². The third-order valence-electron chi connectivity index (χ3n) is 7.87. The highest BCUT2D eigenvalue weighted by Crippen LogP contribution is 2.34. The van der Waals surface area contributed by atoms with Gasteiger partial charge in [0.15, 0.2) is 5.78 Å². The lowest BCUT2D eigenvalue weighted by Gasteiger charge is -2.33. The Labute approximate surface area is 235 Å². The van der Waals surface area contributed by atoms with E-state index in [0.29, 0.717) is 22.9 Å². The molecule has 2 aliphatic heterocycles. The second-order valence-electron chi connectivity index (χ2n) is 10.5. The van der Waals surface area contributed by atoms with E-state index in [9.17, 15) is 9.59 Å². The zero-order valence-corrected chi connectivity index (χ0v) is 22.7. The van der Waals surface area contributed by atoms with E-state index in [2.05, 4.69) is 39.9 Å². The molecule has 3 N–H and O–H groups in total. The highest BCUT2D eigenvalue weighted by atomic mass is 16.1. The molecule has 0 saturated heterocycles. The molecule has 6 rings (SSSR count). The number of allylic oxidation sites excluding steroid dienone is 2. The Bertz CT molecular complexity index is 1500. The Balaban J connectivity index is 1.19. The van der Waals surface area contributed by atoms with Gasteiger partial charge in [-0.1, -0.05) is 61.5 Å². The first kappa shape index (κ1) is 25.8. The van der Waals surface area contributed by atoms with Gasteiger partial charge >= 0.3 is 0 Å². The number of rotatable bonds is 7. The first-order chi connectivity index (χ1) is 19.6. The summed E-state index contributed by atoms with van der Waals surface area (Å²) in [5.41, 5.74) is 7.26. The van der Waals surface area contributed by atoms with Gasteiger partial charge in [0.2, 0.25) is 0 Å². The molecule has 40 heavy (non-hydrogen) atoms. The topological polar surface area (TPSA) is 73.5 Å². The van der Waals surface area contributed by atoms with E-state index in [1.54, 1.807) is 24.3 Å². The van der Waals surface area contributed by atoms with Crippen molar-refractivity contribution in [1.29, 1.82) is 0 Å². The van der Waals surface area contributed by atoms with Crippen LogP contribution in [0.4, 0.5) is 5.69 Å². The Kier molecular flexibility index (Phi) is 7.34. The number of carbonyl (C=O) groups excluding carboxylic acids is 2. The standard InChI is InChI=1S/C34H34N4O2/c1-2-35-26-18-19-30-32(21-26)38-20-8-11-27(38)22-31(37-30)33(39)24-14-16-25(17-15-24)36-34(40)29-13-7-6-12-28(29)23-9-4-3-5-10-23/h3-17,22,26,31,35,37H,2,18-21H2,1H3,(H,36,40). The largest absolute Gasteiger partial charge is 0.374 e. The van der Waals surface area contributed by atoms with E-state index >= 15 is 0 Å². The second-order valence-corrected chi connectivity index (χ2v) is 10.5. The van der Waals surface area contributed by atoms with Gasteiger partial charge in [0.1, 0.15) is 6.04 Å². The maximum atomic E-state index is 13.7. The molecule has 202 valence electrons. The maximum Gasteiger partial charge on any atom is 0.256 e. The zero-order chi connectivity index (χ0) is 27.5. The van der Waals surface area contributed by atoms with Crippen molar-refractivity contribution >= 4 is 17.4 Å². The van der Waals surface area contributed by atoms with Crippen molar-refractivity contribution in [2.24, 2.45) is 0 Å². The number of nitrogens with zero attached hydrogens (tertiary/aromatic N) is 1. The number of ketones is 1. The Morgan fingerprint density at radius 2 is 1.75 bits per heavy atom. The first-order valence-electron chi connectivity index (χ1n) is 14.1. The Morgan fingerprint density at radius 3 is 2.55 bits per heavy atom. The lowest BCUT2D eigenvalue weighted by atomic mass is 9.94. The Morgan fingerprint density at radius 1 is 0.975 bits per heavy atom. The quantitative estimate of drug-likeness (QED) is 0.332. The molecule has 0 spiro atoms. The molecule has 0 radical (unpaired) electrons. The third-order valence-corrected chi connectivity index (χ3v) is 7.87. The van der Waals surface area contributed by atoms with Crippen molar-refractivity contribution in [2.75, 3.05) is 18.4 Å². The van der Waals surface area contributed by atoms with Crippen LogP contribution in [0.2, 0.25) is 0 Å². The summed E-state index contributed by atoms with van der Waals surface area (Å²) >= 11 is 0. The van der Waals surface area contributed by atoms with Crippen LogP contribution < -0.4 is 16.0 Å². The summed E-state index contributed by atoms with van der Waals surface area (Å²) in [4.78, 5) is 29.2. The normalized spacial score (nSPS) is 19.7. The summed E-state index contributed by atoms with van der Waals surface area (Å²) in [6.45, 7) is 3.94. The van der Waals surface area contributed by atoms with Crippen molar-refractivity contribution in [1.82, 2.24) is 15.5 Å². The predicted octanol–water partition coefficient (Wildman–Crippen LogP) is 5.89. The van der Waals surface area contributed by atoms with Crippen molar-refractivity contribution < 1.29 is 9.59 Å². The van der Waals surface area contributed by atoms with Crippen LogP contribution in [-0.2, 0) is 0 Å². The van der Waals surface area contributed by atoms with Gasteiger partial charge in [-0.25, -0.2) is 0 Å². The summed E-state index contributed by atoms with van der Waals surface area (Å²) in [5.74, 6) is -0.169. The lowest BCUT2D eigenvalue weighted by molar-refractivity contribution is 0.0966. The minimum absolute atomic E-state index is 0.0163. The molecule has 3 aliphatic rings. The lowest BCUT2D eigenvalue weighted by Crippen LogP contribution is -2.39. The van der Waals surface area contributed by atoms with Crippen LogP contribution >= 0.6 is 0 Å². The van der Waals surface area contributed by atoms with Crippen molar-refractivity contribution in [3.63, 3.8) is 0 Å². The zero-order valence-electron chi connectivity index (χ0n) is 22.7.